The highest BCUT2D eigenvalue weighted by atomic mass is 32.1. The van der Waals surface area contributed by atoms with Gasteiger partial charge >= 0.3 is 0 Å². The minimum atomic E-state index is 0.595. The number of hydrogen-bond acceptors (Lipinski definition) is 5. The van der Waals surface area contributed by atoms with E-state index in [1.807, 2.05) is 0 Å². The molecule has 0 saturated carbocycles. The molecule has 0 bridgehead atoms. The predicted octanol–water partition coefficient (Wildman–Crippen LogP) is 2.41. The lowest BCUT2D eigenvalue weighted by molar-refractivity contribution is 0.148. The number of rotatable bonds is 4. The summed E-state index contributed by atoms with van der Waals surface area (Å²) in [6.07, 6.45) is 2.20. The van der Waals surface area contributed by atoms with Crippen LogP contribution in [0, 0.1) is 0 Å². The maximum atomic E-state index is 4.34. The average Bonchev–Trinajstić information content (AvgIpc) is 2.77. The third-order valence-corrected chi connectivity index (χ3v) is 4.58. The molecule has 1 atom stereocenters. The van der Waals surface area contributed by atoms with Crippen LogP contribution in [0.4, 0.5) is 5.13 Å². The lowest BCUT2D eigenvalue weighted by Crippen LogP contribution is -2.54. The van der Waals surface area contributed by atoms with Crippen LogP contribution in [-0.4, -0.2) is 46.8 Å². The molecule has 0 aromatic carbocycles. The van der Waals surface area contributed by atoms with E-state index in [1.54, 1.807) is 11.3 Å². The Morgan fingerprint density at radius 1 is 1.33 bits per heavy atom. The Hall–Kier alpha value is -0.680. The number of aryl methyl sites for hydroxylation is 1. The second kappa shape index (κ2) is 5.97. The molecule has 1 unspecified atom stereocenters. The molecule has 0 radical (unpaired) electrons. The third kappa shape index (κ3) is 3.01. The Kier molecular flexibility index (Phi) is 4.56. The lowest BCUT2D eigenvalue weighted by Gasteiger charge is -2.41. The summed E-state index contributed by atoms with van der Waals surface area (Å²) in [6.45, 7) is 12.3. The standard InChI is InChI=1S/C13H24N4S/c1-5-6-12-14-15-13(18-12)16-7-8-17(10(2)3)11(4)9-16/h10-11H,5-9H2,1-4H3. The van der Waals surface area contributed by atoms with Crippen molar-refractivity contribution in [3.63, 3.8) is 0 Å². The maximum absolute atomic E-state index is 4.34. The van der Waals surface area contributed by atoms with E-state index < -0.39 is 0 Å². The van der Waals surface area contributed by atoms with Crippen molar-refractivity contribution < 1.29 is 0 Å². The average molecular weight is 268 g/mol. The Morgan fingerprint density at radius 2 is 2.11 bits per heavy atom. The van der Waals surface area contributed by atoms with E-state index in [0.29, 0.717) is 12.1 Å². The number of anilines is 1. The van der Waals surface area contributed by atoms with Crippen LogP contribution >= 0.6 is 11.3 Å². The Labute approximate surface area is 114 Å². The van der Waals surface area contributed by atoms with Crippen molar-refractivity contribution in [2.75, 3.05) is 24.5 Å². The molecule has 0 spiro atoms. The van der Waals surface area contributed by atoms with Gasteiger partial charge in [-0.2, -0.15) is 0 Å². The molecule has 4 nitrogen and oxygen atoms in total. The van der Waals surface area contributed by atoms with Crippen molar-refractivity contribution in [2.24, 2.45) is 0 Å². The van der Waals surface area contributed by atoms with Gasteiger partial charge in [-0.25, -0.2) is 0 Å². The van der Waals surface area contributed by atoms with Crippen LogP contribution in [-0.2, 0) is 6.42 Å². The van der Waals surface area contributed by atoms with Gasteiger partial charge in [0.05, 0.1) is 0 Å². The fourth-order valence-corrected chi connectivity index (χ4v) is 3.58. The molecule has 1 aromatic heterocycles. The summed E-state index contributed by atoms with van der Waals surface area (Å²) in [5.74, 6) is 0. The smallest absolute Gasteiger partial charge is 0.208 e. The summed E-state index contributed by atoms with van der Waals surface area (Å²) in [4.78, 5) is 4.95. The van der Waals surface area contributed by atoms with Gasteiger partial charge in [0.25, 0.3) is 0 Å². The predicted molar refractivity (Wildman–Crippen MR) is 77.4 cm³/mol. The minimum absolute atomic E-state index is 0.595. The molecule has 0 N–H and O–H groups in total. The molecule has 0 aliphatic carbocycles. The molecule has 0 amide bonds. The van der Waals surface area contributed by atoms with E-state index in [1.165, 1.54) is 5.01 Å². The van der Waals surface area contributed by atoms with Crippen LogP contribution in [0.2, 0.25) is 0 Å². The van der Waals surface area contributed by atoms with Crippen molar-refractivity contribution in [3.05, 3.63) is 5.01 Å². The molecular formula is C13H24N4S. The van der Waals surface area contributed by atoms with Gasteiger partial charge in [0.2, 0.25) is 5.13 Å². The molecule has 1 fully saturated rings. The molecule has 102 valence electrons. The van der Waals surface area contributed by atoms with Gasteiger partial charge < -0.3 is 4.90 Å². The Bertz CT molecular complexity index is 377. The van der Waals surface area contributed by atoms with E-state index in [2.05, 4.69) is 47.7 Å². The van der Waals surface area contributed by atoms with Gasteiger partial charge in [-0.3, -0.25) is 4.90 Å². The molecule has 1 aliphatic heterocycles. The SMILES string of the molecule is CCCc1nnc(N2CCN(C(C)C)C(C)C2)s1. The summed E-state index contributed by atoms with van der Waals surface area (Å²) < 4.78 is 0. The summed E-state index contributed by atoms with van der Waals surface area (Å²) in [6, 6.07) is 1.23. The first-order valence-corrected chi connectivity index (χ1v) is 7.76. The monoisotopic (exact) mass is 268 g/mol. The van der Waals surface area contributed by atoms with Gasteiger partial charge in [-0.15, -0.1) is 10.2 Å². The highest BCUT2D eigenvalue weighted by Gasteiger charge is 2.27. The van der Waals surface area contributed by atoms with Gasteiger partial charge in [0.15, 0.2) is 0 Å². The first-order chi connectivity index (χ1) is 8.61. The Balaban J connectivity index is 1.98. The van der Waals surface area contributed by atoms with Gasteiger partial charge in [-0.05, 0) is 27.2 Å². The topological polar surface area (TPSA) is 32.3 Å². The number of nitrogens with zero attached hydrogens (tertiary/aromatic N) is 4. The highest BCUT2D eigenvalue weighted by molar-refractivity contribution is 7.15. The zero-order chi connectivity index (χ0) is 13.1. The van der Waals surface area contributed by atoms with Gasteiger partial charge in [-0.1, -0.05) is 18.3 Å². The molecule has 2 heterocycles. The van der Waals surface area contributed by atoms with Crippen LogP contribution in [0.25, 0.3) is 0 Å². The summed E-state index contributed by atoms with van der Waals surface area (Å²) in [7, 11) is 0. The molecule has 1 aliphatic rings. The first-order valence-electron chi connectivity index (χ1n) is 6.95. The zero-order valence-electron chi connectivity index (χ0n) is 11.9. The number of hydrogen-bond donors (Lipinski definition) is 0. The zero-order valence-corrected chi connectivity index (χ0v) is 12.7. The normalized spacial score (nSPS) is 21.8. The molecule has 2 rings (SSSR count). The summed E-state index contributed by atoms with van der Waals surface area (Å²) in [5.41, 5.74) is 0. The largest absolute Gasteiger partial charge is 0.344 e. The van der Waals surface area contributed by atoms with Crippen molar-refractivity contribution in [3.8, 4) is 0 Å². The van der Waals surface area contributed by atoms with E-state index in [4.69, 9.17) is 0 Å². The number of piperazine rings is 1. The second-order valence-electron chi connectivity index (χ2n) is 5.35. The molecule has 18 heavy (non-hydrogen) atoms. The van der Waals surface area contributed by atoms with Crippen molar-refractivity contribution >= 4 is 16.5 Å². The van der Waals surface area contributed by atoms with Crippen LogP contribution in [0.1, 0.15) is 39.1 Å². The first kappa shape index (κ1) is 13.7. The van der Waals surface area contributed by atoms with E-state index >= 15 is 0 Å². The number of aromatic nitrogens is 2. The molecular weight excluding hydrogens is 244 g/mol. The summed E-state index contributed by atoms with van der Waals surface area (Å²) >= 11 is 1.76. The second-order valence-corrected chi connectivity index (χ2v) is 6.40. The third-order valence-electron chi connectivity index (χ3n) is 3.53. The lowest BCUT2D eigenvalue weighted by atomic mass is 10.1. The van der Waals surface area contributed by atoms with Gasteiger partial charge in [0.1, 0.15) is 5.01 Å². The van der Waals surface area contributed by atoms with Crippen molar-refractivity contribution in [2.45, 2.75) is 52.6 Å². The van der Waals surface area contributed by atoms with Crippen molar-refractivity contribution in [1.82, 2.24) is 15.1 Å². The van der Waals surface area contributed by atoms with Crippen molar-refractivity contribution in [1.29, 1.82) is 0 Å². The fraction of sp³-hybridized carbons (Fsp3) is 0.846. The fourth-order valence-electron chi connectivity index (χ4n) is 2.60. The van der Waals surface area contributed by atoms with Crippen LogP contribution in [0.5, 0.6) is 0 Å². The molecule has 1 saturated heterocycles. The Morgan fingerprint density at radius 3 is 2.72 bits per heavy atom. The molecule has 5 heteroatoms. The highest BCUT2D eigenvalue weighted by Crippen LogP contribution is 2.24. The van der Waals surface area contributed by atoms with E-state index in [9.17, 15) is 0 Å². The summed E-state index contributed by atoms with van der Waals surface area (Å²) in [5, 5.41) is 10.9. The van der Waals surface area contributed by atoms with E-state index in [0.717, 1.165) is 37.6 Å². The van der Waals surface area contributed by atoms with Crippen LogP contribution in [0.3, 0.4) is 0 Å². The minimum Gasteiger partial charge on any atom is -0.344 e. The maximum Gasteiger partial charge on any atom is 0.208 e. The van der Waals surface area contributed by atoms with Gasteiger partial charge in [0, 0.05) is 38.1 Å². The van der Waals surface area contributed by atoms with Crippen LogP contribution < -0.4 is 4.90 Å². The van der Waals surface area contributed by atoms with E-state index in [-0.39, 0.29) is 0 Å². The van der Waals surface area contributed by atoms with Crippen LogP contribution in [0.15, 0.2) is 0 Å². The quantitative estimate of drug-likeness (QED) is 0.839. The molecule has 1 aromatic rings.